The fraction of sp³-hybridized carbons (Fsp3) is 0.167. The Balaban J connectivity index is 1.59. The molecule has 0 aliphatic carbocycles. The monoisotopic (exact) mass is 561 g/mol. The zero-order valence-corrected chi connectivity index (χ0v) is 23.7. The van der Waals surface area contributed by atoms with E-state index >= 15 is 0 Å². The van der Waals surface area contributed by atoms with Crippen LogP contribution < -0.4 is 0 Å². The van der Waals surface area contributed by atoms with Gasteiger partial charge in [0, 0.05) is 40.1 Å². The number of pyridine rings is 1. The molecule has 0 fully saturated rings. The van der Waals surface area contributed by atoms with Crippen molar-refractivity contribution in [2.24, 2.45) is 0 Å². The summed E-state index contributed by atoms with van der Waals surface area (Å²) in [6.07, 6.45) is 4.25. The number of fused-ring (bicyclic) bond motifs is 1. The van der Waals surface area contributed by atoms with Gasteiger partial charge in [-0.1, -0.05) is 43.3 Å². The minimum absolute atomic E-state index is 0.0783. The Morgan fingerprint density at radius 3 is 2.24 bits per heavy atom. The second kappa shape index (κ2) is 10.1. The molecule has 194 valence electrons. The molecule has 5 rings (SSSR count). The van der Waals surface area contributed by atoms with Gasteiger partial charge in [0.1, 0.15) is 9.84 Å². The van der Waals surface area contributed by atoms with Crippen LogP contribution in [-0.4, -0.2) is 40.1 Å². The summed E-state index contributed by atoms with van der Waals surface area (Å²) in [5.74, 6) is -0.0788. The van der Waals surface area contributed by atoms with Gasteiger partial charge >= 0.3 is 0 Å². The van der Waals surface area contributed by atoms with Crippen molar-refractivity contribution in [1.29, 1.82) is 0 Å². The molecule has 2 aromatic heterocycles. The molecule has 8 heteroatoms. The summed E-state index contributed by atoms with van der Waals surface area (Å²) in [4.78, 5) is 6.03. The van der Waals surface area contributed by atoms with E-state index in [-0.39, 0.29) is 11.7 Å². The number of thiophene rings is 1. The molecular formula is C30H27NO4S3. The van der Waals surface area contributed by atoms with Crippen LogP contribution >= 0.6 is 11.3 Å². The third-order valence-corrected chi connectivity index (χ3v) is 9.74. The zero-order chi connectivity index (χ0) is 27.1. The maximum Gasteiger partial charge on any atom is 0.175 e. The summed E-state index contributed by atoms with van der Waals surface area (Å²) in [7, 11) is -6.39. The topological polar surface area (TPSA) is 81.2 Å². The van der Waals surface area contributed by atoms with Crippen LogP contribution in [0.3, 0.4) is 0 Å². The van der Waals surface area contributed by atoms with Crippen LogP contribution in [0.1, 0.15) is 18.4 Å². The van der Waals surface area contributed by atoms with Crippen LogP contribution in [0.4, 0.5) is 0 Å². The molecule has 0 amide bonds. The lowest BCUT2D eigenvalue weighted by atomic mass is 9.93. The molecule has 0 aliphatic heterocycles. The summed E-state index contributed by atoms with van der Waals surface area (Å²) >= 11 is 1.63. The average Bonchev–Trinajstić information content (AvgIpc) is 3.37. The lowest BCUT2D eigenvalue weighted by molar-refractivity contribution is 0.596. The van der Waals surface area contributed by atoms with E-state index in [1.165, 1.54) is 12.5 Å². The van der Waals surface area contributed by atoms with Crippen molar-refractivity contribution in [3.05, 3.63) is 96.0 Å². The van der Waals surface area contributed by atoms with E-state index in [0.717, 1.165) is 49.2 Å². The number of aromatic nitrogens is 1. The van der Waals surface area contributed by atoms with E-state index < -0.39 is 19.7 Å². The third-order valence-electron chi connectivity index (χ3n) is 6.54. The summed E-state index contributed by atoms with van der Waals surface area (Å²) in [5, 5.41) is 3.00. The van der Waals surface area contributed by atoms with Gasteiger partial charge in [0.15, 0.2) is 9.84 Å². The van der Waals surface area contributed by atoms with E-state index in [1.54, 1.807) is 29.7 Å². The van der Waals surface area contributed by atoms with Crippen LogP contribution in [0.2, 0.25) is 0 Å². The second-order valence-corrected chi connectivity index (χ2v) is 14.8. The van der Waals surface area contributed by atoms with Gasteiger partial charge < -0.3 is 0 Å². The fourth-order valence-corrected chi connectivity index (χ4v) is 7.39. The van der Waals surface area contributed by atoms with E-state index in [1.807, 2.05) is 60.8 Å². The van der Waals surface area contributed by atoms with Gasteiger partial charge in [-0.25, -0.2) is 16.8 Å². The lowest BCUT2D eigenvalue weighted by Gasteiger charge is -2.15. The van der Waals surface area contributed by atoms with Crippen molar-refractivity contribution in [3.8, 4) is 32.7 Å². The van der Waals surface area contributed by atoms with E-state index in [4.69, 9.17) is 0 Å². The minimum atomic E-state index is -3.26. The molecule has 5 aromatic rings. The molecule has 0 saturated heterocycles. The highest BCUT2D eigenvalue weighted by atomic mass is 32.2. The van der Waals surface area contributed by atoms with Crippen molar-refractivity contribution in [2.75, 3.05) is 18.3 Å². The second-order valence-electron chi connectivity index (χ2n) is 9.68. The SMILES string of the molecule is CC(CS(C)(=O)=O)c1cc(-c2cccc(-c3sccc3-c3ccc(S(C)(=O)=O)cc3)c2)c2ncccc2c1. The number of nitrogens with zero attached hydrogens (tertiary/aromatic N) is 1. The van der Waals surface area contributed by atoms with Crippen LogP contribution in [0.5, 0.6) is 0 Å². The fourth-order valence-electron chi connectivity index (χ4n) is 4.74. The van der Waals surface area contributed by atoms with E-state index in [9.17, 15) is 16.8 Å². The van der Waals surface area contributed by atoms with Gasteiger partial charge in [-0.2, -0.15) is 0 Å². The quantitative estimate of drug-likeness (QED) is 0.217. The zero-order valence-electron chi connectivity index (χ0n) is 21.2. The highest BCUT2D eigenvalue weighted by Gasteiger charge is 2.17. The summed E-state index contributed by atoms with van der Waals surface area (Å²) in [5.41, 5.74) is 6.79. The van der Waals surface area contributed by atoms with Gasteiger partial charge in [0.25, 0.3) is 0 Å². The maximum atomic E-state index is 12.0. The highest BCUT2D eigenvalue weighted by molar-refractivity contribution is 7.91. The van der Waals surface area contributed by atoms with Gasteiger partial charge in [-0.15, -0.1) is 11.3 Å². The average molecular weight is 562 g/mol. The Kier molecular flexibility index (Phi) is 6.98. The molecule has 3 aromatic carbocycles. The highest BCUT2D eigenvalue weighted by Crippen LogP contribution is 2.40. The number of rotatable bonds is 7. The number of benzene rings is 3. The van der Waals surface area contributed by atoms with Crippen molar-refractivity contribution >= 4 is 41.9 Å². The van der Waals surface area contributed by atoms with Gasteiger partial charge in [0.05, 0.1) is 16.2 Å². The maximum absolute atomic E-state index is 12.0. The summed E-state index contributed by atoms with van der Waals surface area (Å²) in [6.45, 7) is 1.94. The molecule has 0 spiro atoms. The van der Waals surface area contributed by atoms with Crippen LogP contribution in [0.25, 0.3) is 43.6 Å². The number of sulfone groups is 2. The van der Waals surface area contributed by atoms with Crippen LogP contribution in [-0.2, 0) is 19.7 Å². The molecule has 0 bridgehead atoms. The van der Waals surface area contributed by atoms with Crippen molar-refractivity contribution in [2.45, 2.75) is 17.7 Å². The molecule has 38 heavy (non-hydrogen) atoms. The normalized spacial score (nSPS) is 13.0. The Morgan fingerprint density at radius 2 is 1.53 bits per heavy atom. The van der Waals surface area contributed by atoms with Gasteiger partial charge in [-0.05, 0) is 76.0 Å². The van der Waals surface area contributed by atoms with Crippen molar-refractivity contribution < 1.29 is 16.8 Å². The van der Waals surface area contributed by atoms with E-state index in [2.05, 4.69) is 23.2 Å². The largest absolute Gasteiger partial charge is 0.256 e. The molecule has 5 nitrogen and oxygen atoms in total. The molecule has 1 atom stereocenters. The van der Waals surface area contributed by atoms with Gasteiger partial charge in [0.2, 0.25) is 0 Å². The predicted octanol–water partition coefficient (Wildman–Crippen LogP) is 6.85. The first-order valence-corrected chi connectivity index (χ1v) is 16.9. The number of hydrogen-bond acceptors (Lipinski definition) is 6. The Bertz CT molecular complexity index is 1860. The minimum Gasteiger partial charge on any atom is -0.256 e. The first-order valence-electron chi connectivity index (χ1n) is 12.0. The Hall–Kier alpha value is -3.33. The number of hydrogen-bond donors (Lipinski definition) is 0. The van der Waals surface area contributed by atoms with Crippen molar-refractivity contribution in [3.63, 3.8) is 0 Å². The molecule has 1 unspecified atom stereocenters. The summed E-state index contributed by atoms with van der Waals surface area (Å²) < 4.78 is 47.7. The Morgan fingerprint density at radius 1 is 0.789 bits per heavy atom. The third kappa shape index (κ3) is 5.57. The molecule has 0 N–H and O–H groups in total. The lowest BCUT2D eigenvalue weighted by Crippen LogP contribution is -2.10. The molecule has 0 saturated carbocycles. The Labute approximate surface area is 227 Å². The first kappa shape index (κ1) is 26.3. The predicted molar refractivity (Wildman–Crippen MR) is 157 cm³/mol. The van der Waals surface area contributed by atoms with E-state index in [0.29, 0.717) is 4.90 Å². The van der Waals surface area contributed by atoms with Gasteiger partial charge in [-0.3, -0.25) is 4.98 Å². The van der Waals surface area contributed by atoms with Crippen molar-refractivity contribution in [1.82, 2.24) is 4.98 Å². The van der Waals surface area contributed by atoms with Crippen LogP contribution in [0, 0.1) is 0 Å². The van der Waals surface area contributed by atoms with Crippen LogP contribution in [0.15, 0.2) is 95.3 Å². The molecule has 0 radical (unpaired) electrons. The molecular weight excluding hydrogens is 535 g/mol. The smallest absolute Gasteiger partial charge is 0.175 e. The molecule has 0 aliphatic rings. The molecule has 2 heterocycles. The summed E-state index contributed by atoms with van der Waals surface area (Å²) in [6, 6.07) is 25.3. The first-order chi connectivity index (χ1) is 18.0. The standard InChI is InChI=1S/C30H27NO4S3/c1-20(19-37(2,32)33)25-17-23-8-5-14-31-29(23)28(18-25)22-6-4-7-24(16-22)30-27(13-15-36-30)21-9-11-26(12-10-21)38(3,34)35/h4-18,20H,19H2,1-3H3.